The van der Waals surface area contributed by atoms with E-state index in [4.69, 9.17) is 27.6 Å². The van der Waals surface area contributed by atoms with Crippen molar-refractivity contribution in [3.63, 3.8) is 0 Å². The van der Waals surface area contributed by atoms with Crippen molar-refractivity contribution < 1.29 is 46.3 Å². The van der Waals surface area contributed by atoms with Crippen LogP contribution in [0.15, 0.2) is 36.4 Å². The fourth-order valence-electron chi connectivity index (χ4n) is 4.17. The number of aryl methyl sites for hydroxylation is 2. The van der Waals surface area contributed by atoms with E-state index in [0.717, 1.165) is 30.4 Å². The van der Waals surface area contributed by atoms with Crippen LogP contribution in [0.2, 0.25) is 0 Å². The molecule has 0 amide bonds. The quantitative estimate of drug-likeness (QED) is 0.0869. The van der Waals surface area contributed by atoms with Gasteiger partial charge in [-0.3, -0.25) is 9.59 Å². The molecule has 2 atom stereocenters. The largest absolute Gasteiger partial charge is 0.466 e. The molecule has 0 heterocycles. The highest BCUT2D eigenvalue weighted by Crippen LogP contribution is 2.56. The van der Waals surface area contributed by atoms with E-state index in [2.05, 4.69) is 6.92 Å². The molecular formula is C30H44O10P2. The van der Waals surface area contributed by atoms with Crippen LogP contribution < -0.4 is 9.05 Å². The standard InChI is InChI=1S/C30H44O10P2/c1-7-10-11-14-24-21-26(39-41(33,35-5)18-16-28(31)37-8-2)30(25-15-12-13-23(4)20-25)27(22-24)40-42(34,36-6)19-17-29(32)38-9-3/h12-13,15,20-22H,7-11,14,16-19H2,1-6H3. The lowest BCUT2D eigenvalue weighted by atomic mass is 9.98. The van der Waals surface area contributed by atoms with Crippen molar-refractivity contribution >= 4 is 27.1 Å². The number of carbonyl (C=O) groups excluding carboxylic acids is 2. The van der Waals surface area contributed by atoms with E-state index in [1.165, 1.54) is 14.2 Å². The SMILES string of the molecule is CCCCCc1cc(OP(=O)(CCC(=O)OCC)OC)c(-c2cccc(C)c2)c(OP(=O)(CCC(=O)OCC)OC)c1. The van der Waals surface area contributed by atoms with Crippen LogP contribution in [-0.2, 0) is 43.7 Å². The molecule has 0 saturated carbocycles. The minimum absolute atomic E-state index is 0.162. The Morgan fingerprint density at radius 2 is 1.29 bits per heavy atom. The fraction of sp³-hybridized carbons (Fsp3) is 0.533. The Bertz CT molecular complexity index is 1210. The first-order valence-corrected chi connectivity index (χ1v) is 17.7. The van der Waals surface area contributed by atoms with E-state index >= 15 is 0 Å². The third-order valence-corrected chi connectivity index (χ3v) is 9.93. The molecule has 12 heteroatoms. The normalized spacial score (nSPS) is 14.0. The van der Waals surface area contributed by atoms with Crippen molar-refractivity contribution in [3.8, 4) is 22.6 Å². The van der Waals surface area contributed by atoms with Crippen molar-refractivity contribution in [2.24, 2.45) is 0 Å². The number of ether oxygens (including phenoxy) is 2. The molecule has 0 bridgehead atoms. The Morgan fingerprint density at radius 3 is 1.71 bits per heavy atom. The van der Waals surface area contributed by atoms with Gasteiger partial charge in [-0.05, 0) is 56.9 Å². The predicted octanol–water partition coefficient (Wildman–Crippen LogP) is 7.74. The molecule has 234 valence electrons. The molecular weight excluding hydrogens is 582 g/mol. The molecule has 2 aromatic carbocycles. The summed E-state index contributed by atoms with van der Waals surface area (Å²) in [7, 11) is -5.16. The van der Waals surface area contributed by atoms with Crippen molar-refractivity contribution in [1.82, 2.24) is 0 Å². The molecule has 0 aromatic heterocycles. The zero-order valence-corrected chi connectivity index (χ0v) is 27.3. The Labute approximate surface area is 249 Å². The summed E-state index contributed by atoms with van der Waals surface area (Å²) >= 11 is 0. The first-order chi connectivity index (χ1) is 20.0. The minimum Gasteiger partial charge on any atom is -0.466 e. The van der Waals surface area contributed by atoms with Crippen molar-refractivity contribution in [2.75, 3.05) is 39.8 Å². The fourth-order valence-corrected chi connectivity index (χ4v) is 6.66. The summed E-state index contributed by atoms with van der Waals surface area (Å²) < 4.78 is 60.3. The average molecular weight is 627 g/mol. The summed E-state index contributed by atoms with van der Waals surface area (Å²) in [6, 6.07) is 11.0. The molecule has 0 spiro atoms. The second-order valence-corrected chi connectivity index (χ2v) is 14.1. The summed E-state index contributed by atoms with van der Waals surface area (Å²) in [5.74, 6) is -0.659. The van der Waals surface area contributed by atoms with Crippen molar-refractivity contribution in [1.29, 1.82) is 0 Å². The highest BCUT2D eigenvalue weighted by Gasteiger charge is 2.32. The second-order valence-electron chi connectivity index (χ2n) is 9.62. The average Bonchev–Trinajstić information content (AvgIpc) is 2.95. The Kier molecular flexibility index (Phi) is 14.8. The van der Waals surface area contributed by atoms with Crippen LogP contribution in [0.5, 0.6) is 11.5 Å². The summed E-state index contributed by atoms with van der Waals surface area (Å²) in [4.78, 5) is 24.1. The molecule has 0 N–H and O–H groups in total. The molecule has 10 nitrogen and oxygen atoms in total. The van der Waals surface area contributed by atoms with E-state index in [0.29, 0.717) is 17.5 Å². The predicted molar refractivity (Wildman–Crippen MR) is 163 cm³/mol. The number of rotatable bonds is 19. The molecule has 0 radical (unpaired) electrons. The van der Waals surface area contributed by atoms with Crippen LogP contribution in [0, 0.1) is 6.92 Å². The van der Waals surface area contributed by atoms with Gasteiger partial charge in [0.05, 0.1) is 43.9 Å². The lowest BCUT2D eigenvalue weighted by Crippen LogP contribution is -2.11. The number of hydrogen-bond acceptors (Lipinski definition) is 10. The third kappa shape index (κ3) is 11.2. The summed E-state index contributed by atoms with van der Waals surface area (Å²) in [5, 5.41) is 0. The van der Waals surface area contributed by atoms with E-state index in [9.17, 15) is 18.7 Å². The summed E-state index contributed by atoms with van der Waals surface area (Å²) in [6.07, 6.45) is 2.77. The van der Waals surface area contributed by atoms with Crippen LogP contribution in [0.3, 0.4) is 0 Å². The molecule has 0 fully saturated rings. The van der Waals surface area contributed by atoms with Crippen molar-refractivity contribution in [3.05, 3.63) is 47.5 Å². The monoisotopic (exact) mass is 626 g/mol. The highest BCUT2D eigenvalue weighted by atomic mass is 31.2. The molecule has 0 aliphatic carbocycles. The van der Waals surface area contributed by atoms with Crippen LogP contribution in [0.1, 0.15) is 64.0 Å². The maximum atomic E-state index is 13.7. The molecule has 42 heavy (non-hydrogen) atoms. The highest BCUT2D eigenvalue weighted by molar-refractivity contribution is 7.54. The number of benzene rings is 2. The summed E-state index contributed by atoms with van der Waals surface area (Å²) in [6.45, 7) is 7.80. The lowest BCUT2D eigenvalue weighted by Gasteiger charge is -2.24. The van der Waals surface area contributed by atoms with E-state index in [-0.39, 0.29) is 49.9 Å². The van der Waals surface area contributed by atoms with E-state index in [1.807, 2.05) is 31.2 Å². The second kappa shape index (κ2) is 17.5. The molecule has 0 aliphatic rings. The van der Waals surface area contributed by atoms with E-state index in [1.54, 1.807) is 26.0 Å². The smallest absolute Gasteiger partial charge is 0.379 e. The van der Waals surface area contributed by atoms with Gasteiger partial charge in [0.1, 0.15) is 11.5 Å². The first-order valence-electron chi connectivity index (χ1n) is 14.3. The van der Waals surface area contributed by atoms with Crippen LogP contribution in [0.25, 0.3) is 11.1 Å². The maximum absolute atomic E-state index is 13.7. The Morgan fingerprint density at radius 1 is 0.762 bits per heavy atom. The first kappa shape index (κ1) is 35.6. The maximum Gasteiger partial charge on any atom is 0.379 e. The van der Waals surface area contributed by atoms with Gasteiger partial charge in [0.2, 0.25) is 0 Å². The van der Waals surface area contributed by atoms with Gasteiger partial charge in [-0.2, -0.15) is 0 Å². The van der Waals surface area contributed by atoms with Gasteiger partial charge in [0.25, 0.3) is 0 Å². The molecule has 0 aliphatic heterocycles. The molecule has 2 aromatic rings. The molecule has 0 saturated heterocycles. The van der Waals surface area contributed by atoms with Gasteiger partial charge < -0.3 is 27.6 Å². The third-order valence-electron chi connectivity index (χ3n) is 6.32. The number of esters is 2. The minimum atomic E-state index is -3.84. The Hall–Kier alpha value is -2.64. The van der Waals surface area contributed by atoms with Crippen LogP contribution in [-0.4, -0.2) is 51.7 Å². The lowest BCUT2D eigenvalue weighted by molar-refractivity contribution is -0.143. The van der Waals surface area contributed by atoms with E-state index < -0.39 is 27.1 Å². The van der Waals surface area contributed by atoms with Gasteiger partial charge >= 0.3 is 27.1 Å². The van der Waals surface area contributed by atoms with Crippen LogP contribution >= 0.6 is 15.2 Å². The summed E-state index contributed by atoms with van der Waals surface area (Å²) in [5.41, 5.74) is 2.78. The number of hydrogen-bond donors (Lipinski definition) is 0. The van der Waals surface area contributed by atoms with Gasteiger partial charge in [0.15, 0.2) is 0 Å². The zero-order chi connectivity index (χ0) is 31.2. The number of carbonyl (C=O) groups is 2. The Balaban J connectivity index is 2.67. The molecule has 2 unspecified atom stereocenters. The van der Waals surface area contributed by atoms with Gasteiger partial charge in [-0.15, -0.1) is 0 Å². The molecule has 2 rings (SSSR count). The topological polar surface area (TPSA) is 124 Å². The van der Waals surface area contributed by atoms with Gasteiger partial charge in [-0.25, -0.2) is 9.13 Å². The zero-order valence-electron chi connectivity index (χ0n) is 25.5. The van der Waals surface area contributed by atoms with Crippen LogP contribution in [0.4, 0.5) is 0 Å². The van der Waals surface area contributed by atoms with Gasteiger partial charge in [0, 0.05) is 14.2 Å². The van der Waals surface area contributed by atoms with Crippen molar-refractivity contribution in [2.45, 2.75) is 66.2 Å². The van der Waals surface area contributed by atoms with Gasteiger partial charge in [-0.1, -0.05) is 49.6 Å². The number of unbranched alkanes of at least 4 members (excludes halogenated alkanes) is 2.